The molecule has 0 saturated heterocycles. The summed E-state index contributed by atoms with van der Waals surface area (Å²) in [5.41, 5.74) is 0.853. The maximum absolute atomic E-state index is 11.8. The third-order valence-corrected chi connectivity index (χ3v) is 3.71. The Bertz CT molecular complexity index is 649. The van der Waals surface area contributed by atoms with Gasteiger partial charge in [-0.2, -0.15) is 0 Å². The van der Waals surface area contributed by atoms with Gasteiger partial charge in [-0.1, -0.05) is 0 Å². The Hall–Kier alpha value is -2.41. The van der Waals surface area contributed by atoms with Crippen molar-refractivity contribution in [1.82, 2.24) is 10.3 Å². The molecule has 0 spiro atoms. The molecule has 1 heterocycles. The molecular formula is C13H12N2O4S. The largest absolute Gasteiger partial charge is 0.508 e. The molecule has 0 unspecified atom stereocenters. The second-order valence-electron chi connectivity index (χ2n) is 4.06. The van der Waals surface area contributed by atoms with E-state index in [2.05, 4.69) is 10.3 Å². The van der Waals surface area contributed by atoms with E-state index in [0.717, 1.165) is 11.3 Å². The summed E-state index contributed by atoms with van der Waals surface area (Å²) < 4.78 is 0. The lowest BCUT2D eigenvalue weighted by Gasteiger charge is -2.03. The predicted molar refractivity (Wildman–Crippen MR) is 73.1 cm³/mol. The molecule has 104 valence electrons. The second kappa shape index (κ2) is 5.70. The van der Waals surface area contributed by atoms with Crippen LogP contribution in [0.2, 0.25) is 0 Å². The van der Waals surface area contributed by atoms with Crippen LogP contribution in [0, 0.1) is 6.92 Å². The van der Waals surface area contributed by atoms with Crippen LogP contribution in [0.5, 0.6) is 5.75 Å². The average molecular weight is 292 g/mol. The van der Waals surface area contributed by atoms with Crippen molar-refractivity contribution in [2.75, 3.05) is 0 Å². The molecule has 0 fully saturated rings. The van der Waals surface area contributed by atoms with Crippen molar-refractivity contribution < 1.29 is 19.8 Å². The predicted octanol–water partition coefficient (Wildman–Crippen LogP) is 1.79. The van der Waals surface area contributed by atoms with E-state index in [1.807, 2.05) is 0 Å². The van der Waals surface area contributed by atoms with Crippen molar-refractivity contribution >= 4 is 23.2 Å². The second-order valence-corrected chi connectivity index (χ2v) is 5.14. The number of benzene rings is 1. The highest BCUT2D eigenvalue weighted by Gasteiger charge is 2.14. The topological polar surface area (TPSA) is 99.5 Å². The quantitative estimate of drug-likeness (QED) is 0.797. The molecule has 6 nitrogen and oxygen atoms in total. The van der Waals surface area contributed by atoms with Crippen LogP contribution < -0.4 is 5.32 Å². The van der Waals surface area contributed by atoms with Crippen LogP contribution in [0.1, 0.15) is 30.7 Å². The third kappa shape index (κ3) is 3.12. The van der Waals surface area contributed by atoms with Gasteiger partial charge in [-0.25, -0.2) is 9.78 Å². The summed E-state index contributed by atoms with van der Waals surface area (Å²) in [5.74, 6) is -1.24. The van der Waals surface area contributed by atoms with Gasteiger partial charge in [0.1, 0.15) is 15.6 Å². The van der Waals surface area contributed by atoms with Gasteiger partial charge >= 0.3 is 5.97 Å². The van der Waals surface area contributed by atoms with Crippen LogP contribution in [0.3, 0.4) is 0 Å². The zero-order valence-electron chi connectivity index (χ0n) is 10.6. The molecule has 0 bridgehead atoms. The fraction of sp³-hybridized carbons (Fsp3) is 0.154. The molecule has 0 saturated carbocycles. The summed E-state index contributed by atoms with van der Waals surface area (Å²) in [6.07, 6.45) is 0. The Morgan fingerprint density at radius 1 is 1.30 bits per heavy atom. The minimum Gasteiger partial charge on any atom is -0.508 e. The molecule has 0 radical (unpaired) electrons. The van der Waals surface area contributed by atoms with Crippen LogP contribution >= 0.6 is 11.3 Å². The number of phenols is 1. The minimum atomic E-state index is -1.02. The maximum Gasteiger partial charge on any atom is 0.347 e. The fourth-order valence-corrected chi connectivity index (χ4v) is 2.44. The lowest BCUT2D eigenvalue weighted by molar-refractivity contribution is 0.0701. The van der Waals surface area contributed by atoms with Gasteiger partial charge in [0.2, 0.25) is 0 Å². The average Bonchev–Trinajstić information content (AvgIpc) is 2.78. The van der Waals surface area contributed by atoms with E-state index >= 15 is 0 Å². The van der Waals surface area contributed by atoms with Crippen molar-refractivity contribution in [2.45, 2.75) is 13.5 Å². The van der Waals surface area contributed by atoms with Gasteiger partial charge in [0.25, 0.3) is 5.91 Å². The number of aromatic hydroxyl groups is 1. The van der Waals surface area contributed by atoms with Crippen molar-refractivity contribution in [2.24, 2.45) is 0 Å². The fourth-order valence-electron chi connectivity index (χ4n) is 1.60. The molecule has 1 aromatic carbocycles. The highest BCUT2D eigenvalue weighted by atomic mass is 32.1. The number of rotatable bonds is 4. The Morgan fingerprint density at radius 3 is 2.50 bits per heavy atom. The lowest BCUT2D eigenvalue weighted by atomic mass is 10.2. The molecular weight excluding hydrogens is 280 g/mol. The Kier molecular flexibility index (Phi) is 3.99. The minimum absolute atomic E-state index is 0.0863. The summed E-state index contributed by atoms with van der Waals surface area (Å²) >= 11 is 1.04. The molecule has 20 heavy (non-hydrogen) atoms. The van der Waals surface area contributed by atoms with Gasteiger partial charge in [0.15, 0.2) is 0 Å². The third-order valence-electron chi connectivity index (χ3n) is 2.56. The summed E-state index contributed by atoms with van der Waals surface area (Å²) in [6, 6.07) is 5.84. The number of nitrogens with zero attached hydrogens (tertiary/aromatic N) is 1. The number of thiazole rings is 1. The number of phenolic OH excluding ortho intramolecular Hbond substituents is 1. The van der Waals surface area contributed by atoms with E-state index in [9.17, 15) is 9.59 Å². The monoisotopic (exact) mass is 292 g/mol. The van der Waals surface area contributed by atoms with E-state index in [4.69, 9.17) is 10.2 Å². The summed E-state index contributed by atoms with van der Waals surface area (Å²) in [6.45, 7) is 1.78. The van der Waals surface area contributed by atoms with Gasteiger partial charge in [-0.05, 0) is 31.2 Å². The number of carbonyl (C=O) groups excluding carboxylic acids is 1. The smallest absolute Gasteiger partial charge is 0.347 e. The number of carbonyl (C=O) groups is 2. The maximum atomic E-state index is 11.8. The number of carboxylic acids is 1. The Morgan fingerprint density at radius 2 is 1.95 bits per heavy atom. The van der Waals surface area contributed by atoms with Crippen molar-refractivity contribution in [3.8, 4) is 5.75 Å². The molecule has 1 amide bonds. The Balaban J connectivity index is 2.01. The highest BCUT2D eigenvalue weighted by Crippen LogP contribution is 2.18. The number of amides is 1. The van der Waals surface area contributed by atoms with Crippen molar-refractivity contribution in [1.29, 1.82) is 0 Å². The van der Waals surface area contributed by atoms with Gasteiger partial charge in [0.05, 0.1) is 12.2 Å². The molecule has 0 aliphatic carbocycles. The van der Waals surface area contributed by atoms with Crippen LogP contribution in [0.15, 0.2) is 24.3 Å². The summed E-state index contributed by atoms with van der Waals surface area (Å²) in [4.78, 5) is 27.0. The molecule has 0 aliphatic heterocycles. The first-order valence-corrected chi connectivity index (χ1v) is 6.56. The van der Waals surface area contributed by atoms with Crippen molar-refractivity contribution in [3.63, 3.8) is 0 Å². The normalized spacial score (nSPS) is 10.2. The Labute approximate surface area is 118 Å². The SMILES string of the molecule is Cc1nc(CNC(=O)c2ccc(O)cc2)sc1C(=O)O. The number of aromatic nitrogens is 1. The molecule has 3 N–H and O–H groups in total. The van der Waals surface area contributed by atoms with Crippen LogP contribution in [-0.2, 0) is 6.54 Å². The highest BCUT2D eigenvalue weighted by molar-refractivity contribution is 7.13. The number of hydrogen-bond donors (Lipinski definition) is 3. The molecule has 0 aliphatic rings. The van der Waals surface area contributed by atoms with Gasteiger partial charge in [0, 0.05) is 5.56 Å². The van der Waals surface area contributed by atoms with Gasteiger partial charge in [-0.15, -0.1) is 11.3 Å². The van der Waals surface area contributed by atoms with Crippen LogP contribution in [0.4, 0.5) is 0 Å². The van der Waals surface area contributed by atoms with E-state index in [1.54, 1.807) is 6.92 Å². The zero-order chi connectivity index (χ0) is 14.7. The summed E-state index contributed by atoms with van der Waals surface area (Å²) in [7, 11) is 0. The van der Waals surface area contributed by atoms with Gasteiger partial charge in [-0.3, -0.25) is 4.79 Å². The molecule has 2 rings (SSSR count). The molecule has 1 aromatic heterocycles. The first kappa shape index (κ1) is 14.0. The molecule has 2 aromatic rings. The number of aryl methyl sites for hydroxylation is 1. The lowest BCUT2D eigenvalue weighted by Crippen LogP contribution is -2.22. The number of nitrogens with one attached hydrogen (secondary N) is 1. The number of carboxylic acid groups (broad SMARTS) is 1. The van der Waals surface area contributed by atoms with E-state index < -0.39 is 5.97 Å². The molecule has 0 atom stereocenters. The zero-order valence-corrected chi connectivity index (χ0v) is 11.4. The standard InChI is InChI=1S/C13H12N2O4S/c1-7-11(13(18)19)20-10(15-7)6-14-12(17)8-2-4-9(16)5-3-8/h2-5,16H,6H2,1H3,(H,14,17)(H,18,19). The van der Waals surface area contributed by atoms with E-state index in [0.29, 0.717) is 16.3 Å². The van der Waals surface area contributed by atoms with Crippen LogP contribution in [0.25, 0.3) is 0 Å². The van der Waals surface area contributed by atoms with Gasteiger partial charge < -0.3 is 15.5 Å². The summed E-state index contributed by atoms with van der Waals surface area (Å²) in [5, 5.41) is 21.2. The number of hydrogen-bond acceptors (Lipinski definition) is 5. The van der Waals surface area contributed by atoms with Crippen molar-refractivity contribution in [3.05, 3.63) is 45.4 Å². The number of aromatic carboxylic acids is 1. The first-order chi connectivity index (χ1) is 9.47. The van der Waals surface area contributed by atoms with E-state index in [-0.39, 0.29) is 23.1 Å². The van der Waals surface area contributed by atoms with Crippen LogP contribution in [-0.4, -0.2) is 27.1 Å². The molecule has 7 heteroatoms. The first-order valence-electron chi connectivity index (χ1n) is 5.74. The van der Waals surface area contributed by atoms with E-state index in [1.165, 1.54) is 24.3 Å².